The van der Waals surface area contributed by atoms with E-state index in [0.717, 1.165) is 68.2 Å². The Labute approximate surface area is 185 Å². The van der Waals surface area contributed by atoms with E-state index in [2.05, 4.69) is 22.9 Å². The van der Waals surface area contributed by atoms with Crippen LogP contribution in [0.1, 0.15) is 48.0 Å². The maximum atomic E-state index is 12.6. The molecule has 1 atom stereocenters. The number of rotatable bonds is 6. The highest BCUT2D eigenvalue weighted by Gasteiger charge is 2.33. The molecular weight excluding hydrogens is 412 g/mol. The van der Waals surface area contributed by atoms with Crippen molar-refractivity contribution < 1.29 is 8.42 Å². The van der Waals surface area contributed by atoms with Crippen LogP contribution < -0.4 is 4.90 Å². The molecule has 2 aromatic heterocycles. The predicted molar refractivity (Wildman–Crippen MR) is 121 cm³/mol. The first kappa shape index (κ1) is 22.1. The Morgan fingerprint density at radius 3 is 2.74 bits per heavy atom. The van der Waals surface area contributed by atoms with Crippen molar-refractivity contribution in [3.63, 3.8) is 0 Å². The van der Waals surface area contributed by atoms with E-state index in [-0.39, 0.29) is 5.92 Å². The van der Waals surface area contributed by atoms with Crippen LogP contribution in [0.15, 0.2) is 24.4 Å². The summed E-state index contributed by atoms with van der Waals surface area (Å²) in [6.07, 6.45) is 6.52. The van der Waals surface area contributed by atoms with Gasteiger partial charge in [0.1, 0.15) is 11.6 Å². The van der Waals surface area contributed by atoms with E-state index in [4.69, 9.17) is 9.97 Å². The van der Waals surface area contributed by atoms with Crippen LogP contribution in [-0.4, -0.2) is 72.3 Å². The molecule has 0 N–H and O–H groups in total. The van der Waals surface area contributed by atoms with Gasteiger partial charge in [0.2, 0.25) is 0 Å². The van der Waals surface area contributed by atoms with E-state index in [1.54, 1.807) is 18.4 Å². The standard InChI is InChI=1S/C22H32N6O2S/c1-17-20-10-7-13-27(15-11-19-9-4-5-12-23-19)22(20)25-21(24-17)18-8-6-14-28(16-18)31(29,30)26(2)3/h4-5,9,12,18H,6-8,10-11,13-16H2,1-3H3/t18-/m1/s1. The first-order chi connectivity index (χ1) is 14.9. The molecule has 0 bridgehead atoms. The van der Waals surface area contributed by atoms with Crippen LogP contribution in [0.2, 0.25) is 0 Å². The third kappa shape index (κ3) is 4.73. The van der Waals surface area contributed by atoms with Crippen LogP contribution >= 0.6 is 0 Å². The fraction of sp³-hybridized carbons (Fsp3) is 0.591. The van der Waals surface area contributed by atoms with Crippen molar-refractivity contribution in [1.29, 1.82) is 0 Å². The molecule has 2 aliphatic rings. The third-order valence-electron chi connectivity index (χ3n) is 6.26. The number of aromatic nitrogens is 3. The predicted octanol–water partition coefficient (Wildman–Crippen LogP) is 2.16. The van der Waals surface area contributed by atoms with Gasteiger partial charge in [-0.05, 0) is 44.7 Å². The van der Waals surface area contributed by atoms with Crippen molar-refractivity contribution in [2.45, 2.75) is 44.9 Å². The Bertz CT molecular complexity index is 1010. The minimum Gasteiger partial charge on any atom is -0.356 e. The van der Waals surface area contributed by atoms with Crippen LogP contribution in [0.25, 0.3) is 0 Å². The zero-order chi connectivity index (χ0) is 22.0. The fourth-order valence-corrected chi connectivity index (χ4v) is 5.69. The molecule has 168 valence electrons. The molecule has 0 aromatic carbocycles. The summed E-state index contributed by atoms with van der Waals surface area (Å²) in [4.78, 5) is 16.6. The number of piperidine rings is 1. The van der Waals surface area contributed by atoms with Crippen molar-refractivity contribution in [3.05, 3.63) is 47.2 Å². The lowest BCUT2D eigenvalue weighted by Gasteiger charge is -2.35. The lowest BCUT2D eigenvalue weighted by atomic mass is 9.97. The van der Waals surface area contributed by atoms with Crippen molar-refractivity contribution in [1.82, 2.24) is 23.6 Å². The molecule has 0 aliphatic carbocycles. The number of aryl methyl sites for hydroxylation is 1. The van der Waals surface area contributed by atoms with Crippen molar-refractivity contribution in [2.24, 2.45) is 0 Å². The molecular formula is C22H32N6O2S. The van der Waals surface area contributed by atoms with Gasteiger partial charge in [-0.25, -0.2) is 9.97 Å². The first-order valence-corrected chi connectivity index (χ1v) is 12.5. The van der Waals surface area contributed by atoms with E-state index in [1.165, 1.54) is 9.87 Å². The largest absolute Gasteiger partial charge is 0.356 e. The molecule has 4 heterocycles. The van der Waals surface area contributed by atoms with E-state index < -0.39 is 10.2 Å². The van der Waals surface area contributed by atoms with Crippen molar-refractivity contribution in [3.8, 4) is 0 Å². The second kappa shape index (κ2) is 9.18. The highest BCUT2D eigenvalue weighted by Crippen LogP contribution is 2.32. The average molecular weight is 445 g/mol. The second-order valence-electron chi connectivity index (χ2n) is 8.62. The topological polar surface area (TPSA) is 82.5 Å². The van der Waals surface area contributed by atoms with Gasteiger partial charge in [0.15, 0.2) is 0 Å². The lowest BCUT2D eigenvalue weighted by Crippen LogP contribution is -2.45. The van der Waals surface area contributed by atoms with Gasteiger partial charge in [-0.15, -0.1) is 0 Å². The summed E-state index contributed by atoms with van der Waals surface area (Å²) in [5.74, 6) is 1.82. The molecule has 9 heteroatoms. The third-order valence-corrected chi connectivity index (χ3v) is 8.17. The molecule has 2 aromatic rings. The highest BCUT2D eigenvalue weighted by atomic mass is 32.2. The molecule has 0 saturated carbocycles. The smallest absolute Gasteiger partial charge is 0.281 e. The summed E-state index contributed by atoms with van der Waals surface area (Å²) in [5.41, 5.74) is 3.33. The Morgan fingerprint density at radius 1 is 1.16 bits per heavy atom. The van der Waals surface area contributed by atoms with Crippen LogP contribution in [-0.2, 0) is 23.1 Å². The molecule has 2 aliphatic heterocycles. The maximum Gasteiger partial charge on any atom is 0.281 e. The average Bonchev–Trinajstić information content (AvgIpc) is 2.78. The quantitative estimate of drug-likeness (QED) is 0.679. The number of hydrogen-bond acceptors (Lipinski definition) is 6. The summed E-state index contributed by atoms with van der Waals surface area (Å²) in [6.45, 7) is 4.89. The Balaban J connectivity index is 1.57. The summed E-state index contributed by atoms with van der Waals surface area (Å²) < 4.78 is 28.1. The lowest BCUT2D eigenvalue weighted by molar-refractivity contribution is 0.293. The SMILES string of the molecule is Cc1nc([C@@H]2CCCN(S(=O)(=O)N(C)C)C2)nc2c1CCCN2CCc1ccccn1. The number of nitrogens with zero attached hydrogens (tertiary/aromatic N) is 6. The summed E-state index contributed by atoms with van der Waals surface area (Å²) in [7, 11) is -0.262. The number of pyridine rings is 1. The van der Waals surface area contributed by atoms with Gasteiger partial charge in [-0.1, -0.05) is 6.07 Å². The molecule has 1 fully saturated rings. The molecule has 4 rings (SSSR count). The number of fused-ring (bicyclic) bond motifs is 1. The highest BCUT2D eigenvalue weighted by molar-refractivity contribution is 7.86. The first-order valence-electron chi connectivity index (χ1n) is 11.1. The van der Waals surface area contributed by atoms with Gasteiger partial charge in [-0.2, -0.15) is 17.0 Å². The van der Waals surface area contributed by atoms with Crippen LogP contribution in [0, 0.1) is 6.92 Å². The number of hydrogen-bond donors (Lipinski definition) is 0. The molecule has 0 unspecified atom stereocenters. The van der Waals surface area contributed by atoms with Crippen LogP contribution in [0.5, 0.6) is 0 Å². The minimum atomic E-state index is -3.42. The van der Waals surface area contributed by atoms with E-state index >= 15 is 0 Å². The van der Waals surface area contributed by atoms with Crippen LogP contribution in [0.4, 0.5) is 5.82 Å². The normalized spacial score (nSPS) is 20.1. The van der Waals surface area contributed by atoms with Gasteiger partial charge in [0, 0.05) is 75.8 Å². The molecule has 0 spiro atoms. The summed E-state index contributed by atoms with van der Waals surface area (Å²) in [5, 5.41) is 0. The van der Waals surface area contributed by atoms with Gasteiger partial charge < -0.3 is 4.90 Å². The minimum absolute atomic E-state index is 0.0204. The van der Waals surface area contributed by atoms with Crippen molar-refractivity contribution in [2.75, 3.05) is 45.2 Å². The molecule has 8 nitrogen and oxygen atoms in total. The molecule has 1 saturated heterocycles. The monoisotopic (exact) mass is 444 g/mol. The fourth-order valence-electron chi connectivity index (χ4n) is 4.50. The van der Waals surface area contributed by atoms with Gasteiger partial charge in [-0.3, -0.25) is 4.98 Å². The summed E-state index contributed by atoms with van der Waals surface area (Å²) >= 11 is 0. The van der Waals surface area contributed by atoms with Crippen LogP contribution in [0.3, 0.4) is 0 Å². The zero-order valence-corrected chi connectivity index (χ0v) is 19.5. The molecule has 31 heavy (non-hydrogen) atoms. The Hall–Kier alpha value is -2.10. The Kier molecular flexibility index (Phi) is 6.55. The second-order valence-corrected chi connectivity index (χ2v) is 10.8. The van der Waals surface area contributed by atoms with E-state index in [0.29, 0.717) is 13.1 Å². The molecule has 0 radical (unpaired) electrons. The van der Waals surface area contributed by atoms with Gasteiger partial charge in [0.25, 0.3) is 10.2 Å². The van der Waals surface area contributed by atoms with E-state index in [1.807, 2.05) is 18.3 Å². The van der Waals surface area contributed by atoms with Gasteiger partial charge >= 0.3 is 0 Å². The number of anilines is 1. The summed E-state index contributed by atoms with van der Waals surface area (Å²) in [6, 6.07) is 6.02. The zero-order valence-electron chi connectivity index (χ0n) is 18.7. The van der Waals surface area contributed by atoms with E-state index in [9.17, 15) is 8.42 Å². The Morgan fingerprint density at radius 2 is 2.00 bits per heavy atom. The molecule has 0 amide bonds. The maximum absolute atomic E-state index is 12.6. The van der Waals surface area contributed by atoms with Gasteiger partial charge in [0.05, 0.1) is 0 Å². The van der Waals surface area contributed by atoms with Crippen molar-refractivity contribution >= 4 is 16.0 Å².